The minimum absolute atomic E-state index is 0.206. The first kappa shape index (κ1) is 10.3. The first-order chi connectivity index (χ1) is 6.02. The Balaban J connectivity index is 2.42. The summed E-state index contributed by atoms with van der Waals surface area (Å²) in [6.45, 7) is 5.67. The van der Waals surface area contributed by atoms with Crippen molar-refractivity contribution in [1.82, 2.24) is 9.80 Å². The van der Waals surface area contributed by atoms with Crippen molar-refractivity contribution in [3.63, 3.8) is 0 Å². The van der Waals surface area contributed by atoms with Crippen LogP contribution in [-0.4, -0.2) is 55.2 Å². The van der Waals surface area contributed by atoms with Crippen LogP contribution in [-0.2, 0) is 4.74 Å². The molecule has 1 rings (SSSR count). The number of rotatable bonds is 3. The third-order valence-electron chi connectivity index (χ3n) is 2.62. The lowest BCUT2D eigenvalue weighted by Gasteiger charge is -2.26. The number of likely N-dealkylation sites (N-methyl/N-ethyl adjacent to an activating group) is 2. The quantitative estimate of drug-likeness (QED) is 0.653. The summed E-state index contributed by atoms with van der Waals surface area (Å²) in [6.07, 6.45) is -0.206. The lowest BCUT2D eigenvalue weighted by molar-refractivity contribution is 0.162. The molecule has 0 aromatic rings. The van der Waals surface area contributed by atoms with Gasteiger partial charge in [-0.05, 0) is 20.9 Å². The molecular weight excluding hydrogens is 168 g/mol. The second-order valence-corrected chi connectivity index (χ2v) is 3.87. The molecule has 1 aliphatic rings. The topological polar surface area (TPSA) is 32.8 Å². The van der Waals surface area contributed by atoms with Crippen molar-refractivity contribution in [3.8, 4) is 0 Å². The molecule has 0 aliphatic carbocycles. The van der Waals surface area contributed by atoms with Crippen molar-refractivity contribution in [3.05, 3.63) is 0 Å². The number of nitrogens with zero attached hydrogens (tertiary/aromatic N) is 2. The van der Waals surface area contributed by atoms with E-state index in [1.54, 1.807) is 11.9 Å². The zero-order chi connectivity index (χ0) is 10.0. The molecule has 13 heavy (non-hydrogen) atoms. The van der Waals surface area contributed by atoms with Gasteiger partial charge in [0.05, 0.1) is 6.04 Å². The van der Waals surface area contributed by atoms with Crippen molar-refractivity contribution in [2.45, 2.75) is 25.9 Å². The van der Waals surface area contributed by atoms with Crippen LogP contribution in [0.15, 0.2) is 0 Å². The van der Waals surface area contributed by atoms with Gasteiger partial charge in [-0.2, -0.15) is 0 Å². The van der Waals surface area contributed by atoms with Crippen molar-refractivity contribution in [2.75, 3.05) is 27.2 Å². The molecule has 4 heteroatoms. The van der Waals surface area contributed by atoms with Gasteiger partial charge in [0.1, 0.15) is 6.61 Å². The molecular formula is C9H18N2O2. The first-order valence-electron chi connectivity index (χ1n) is 4.62. The van der Waals surface area contributed by atoms with Gasteiger partial charge in [-0.25, -0.2) is 4.79 Å². The van der Waals surface area contributed by atoms with Crippen LogP contribution in [0.2, 0.25) is 0 Å². The van der Waals surface area contributed by atoms with Crippen LogP contribution in [0.4, 0.5) is 4.79 Å². The average molecular weight is 186 g/mol. The normalized spacial score (nSPS) is 23.1. The molecule has 1 saturated heterocycles. The maximum atomic E-state index is 11.0. The van der Waals surface area contributed by atoms with E-state index in [4.69, 9.17) is 4.74 Å². The Morgan fingerprint density at radius 2 is 2.31 bits per heavy atom. The largest absolute Gasteiger partial charge is 0.447 e. The van der Waals surface area contributed by atoms with Gasteiger partial charge in [-0.3, -0.25) is 0 Å². The van der Waals surface area contributed by atoms with Crippen molar-refractivity contribution in [1.29, 1.82) is 0 Å². The number of hydrogen-bond donors (Lipinski definition) is 0. The summed E-state index contributed by atoms with van der Waals surface area (Å²) >= 11 is 0. The molecule has 1 heterocycles. The van der Waals surface area contributed by atoms with Crippen molar-refractivity contribution in [2.24, 2.45) is 0 Å². The van der Waals surface area contributed by atoms with Gasteiger partial charge in [0.2, 0.25) is 0 Å². The molecule has 4 nitrogen and oxygen atoms in total. The average Bonchev–Trinajstić information content (AvgIpc) is 2.36. The van der Waals surface area contributed by atoms with Gasteiger partial charge >= 0.3 is 6.09 Å². The molecule has 1 aliphatic heterocycles. The molecule has 1 atom stereocenters. The van der Waals surface area contributed by atoms with Gasteiger partial charge in [-0.1, -0.05) is 0 Å². The Bertz CT molecular complexity index is 194. The summed E-state index contributed by atoms with van der Waals surface area (Å²) in [7, 11) is 3.84. The Hall–Kier alpha value is -0.770. The van der Waals surface area contributed by atoms with E-state index in [9.17, 15) is 4.79 Å². The predicted molar refractivity (Wildman–Crippen MR) is 50.7 cm³/mol. The zero-order valence-electron chi connectivity index (χ0n) is 8.78. The van der Waals surface area contributed by atoms with E-state index in [-0.39, 0.29) is 12.1 Å². The monoisotopic (exact) mass is 186 g/mol. The Labute approximate surface area is 79.4 Å². The molecule has 1 fully saturated rings. The smallest absolute Gasteiger partial charge is 0.409 e. The van der Waals surface area contributed by atoms with Gasteiger partial charge in [0.15, 0.2) is 0 Å². The number of carbonyl (C=O) groups is 1. The molecule has 0 spiro atoms. The number of hydrogen-bond acceptors (Lipinski definition) is 3. The zero-order valence-corrected chi connectivity index (χ0v) is 8.78. The SMILES string of the molecule is CC(C)N(C)CC1COC(=O)N1C. The standard InChI is InChI=1S/C9H18N2O2/c1-7(2)10(3)5-8-6-13-9(12)11(8)4/h7-8H,5-6H2,1-4H3. The Kier molecular flexibility index (Phi) is 3.14. The third kappa shape index (κ3) is 2.34. The van der Waals surface area contributed by atoms with Crippen LogP contribution in [0.3, 0.4) is 0 Å². The van der Waals surface area contributed by atoms with E-state index in [0.29, 0.717) is 12.6 Å². The lowest BCUT2D eigenvalue weighted by Crippen LogP contribution is -2.41. The molecule has 0 saturated carbocycles. The summed E-state index contributed by atoms with van der Waals surface area (Å²) in [6, 6.07) is 0.712. The Morgan fingerprint density at radius 1 is 1.69 bits per heavy atom. The van der Waals surface area contributed by atoms with Crippen LogP contribution in [0.1, 0.15) is 13.8 Å². The van der Waals surface area contributed by atoms with E-state index in [0.717, 1.165) is 6.54 Å². The number of cyclic esters (lactones) is 1. The lowest BCUT2D eigenvalue weighted by atomic mass is 10.2. The van der Waals surface area contributed by atoms with Crippen molar-refractivity contribution < 1.29 is 9.53 Å². The Morgan fingerprint density at radius 3 is 2.69 bits per heavy atom. The maximum Gasteiger partial charge on any atom is 0.409 e. The summed E-state index contributed by atoms with van der Waals surface area (Å²) in [4.78, 5) is 14.9. The number of carbonyl (C=O) groups excluding carboxylic acids is 1. The molecule has 0 aromatic heterocycles. The molecule has 1 unspecified atom stereocenters. The molecule has 0 radical (unpaired) electrons. The van der Waals surface area contributed by atoms with E-state index >= 15 is 0 Å². The predicted octanol–water partition coefficient (Wildman–Crippen LogP) is 0.777. The fourth-order valence-corrected chi connectivity index (χ4v) is 1.25. The fraction of sp³-hybridized carbons (Fsp3) is 0.889. The third-order valence-corrected chi connectivity index (χ3v) is 2.62. The molecule has 76 valence electrons. The maximum absolute atomic E-state index is 11.0. The number of amides is 1. The van der Waals surface area contributed by atoms with Gasteiger partial charge in [0, 0.05) is 19.6 Å². The highest BCUT2D eigenvalue weighted by Crippen LogP contribution is 2.11. The first-order valence-corrected chi connectivity index (χ1v) is 4.62. The van der Waals surface area contributed by atoms with Gasteiger partial charge < -0.3 is 14.5 Å². The van der Waals surface area contributed by atoms with Gasteiger partial charge in [0.25, 0.3) is 0 Å². The van der Waals surface area contributed by atoms with Crippen molar-refractivity contribution >= 4 is 6.09 Å². The van der Waals surface area contributed by atoms with Crippen LogP contribution < -0.4 is 0 Å². The highest BCUT2D eigenvalue weighted by Gasteiger charge is 2.30. The second-order valence-electron chi connectivity index (χ2n) is 3.87. The van der Waals surface area contributed by atoms with Gasteiger partial charge in [-0.15, -0.1) is 0 Å². The van der Waals surface area contributed by atoms with E-state index in [1.807, 2.05) is 0 Å². The minimum Gasteiger partial charge on any atom is -0.447 e. The van der Waals surface area contributed by atoms with Crippen LogP contribution in [0.5, 0.6) is 0 Å². The molecule has 0 aromatic carbocycles. The second kappa shape index (κ2) is 3.96. The molecule has 1 amide bonds. The summed E-state index contributed by atoms with van der Waals surface area (Å²) in [5.41, 5.74) is 0. The minimum atomic E-state index is -0.206. The van der Waals surface area contributed by atoms with Crippen LogP contribution in [0.25, 0.3) is 0 Å². The summed E-state index contributed by atoms with van der Waals surface area (Å²) in [5.74, 6) is 0. The highest BCUT2D eigenvalue weighted by molar-refractivity contribution is 5.69. The van der Waals surface area contributed by atoms with Crippen LogP contribution >= 0.6 is 0 Å². The van der Waals surface area contributed by atoms with Crippen LogP contribution in [0, 0.1) is 0 Å². The fourth-order valence-electron chi connectivity index (χ4n) is 1.25. The molecule has 0 N–H and O–H groups in total. The van der Waals surface area contributed by atoms with E-state index < -0.39 is 0 Å². The molecule has 0 bridgehead atoms. The highest BCUT2D eigenvalue weighted by atomic mass is 16.6. The number of ether oxygens (including phenoxy) is 1. The van der Waals surface area contributed by atoms with E-state index in [1.165, 1.54) is 0 Å². The van der Waals surface area contributed by atoms with E-state index in [2.05, 4.69) is 25.8 Å². The summed E-state index contributed by atoms with van der Waals surface area (Å²) in [5, 5.41) is 0. The summed E-state index contributed by atoms with van der Waals surface area (Å²) < 4.78 is 4.92.